The average Bonchev–Trinajstić information content (AvgIpc) is 2.79. The molecule has 1 aromatic carbocycles. The number of nitriles is 1. The Balaban J connectivity index is 2.78. The number of rotatable bonds is 0. The van der Waals surface area contributed by atoms with Gasteiger partial charge in [0.05, 0.1) is 28.1 Å². The van der Waals surface area contributed by atoms with Crippen LogP contribution >= 0.6 is 0 Å². The van der Waals surface area contributed by atoms with Crippen LogP contribution in [0.1, 0.15) is 11.1 Å². The van der Waals surface area contributed by atoms with Crippen LogP contribution in [0.2, 0.25) is 0 Å². The molecule has 5 heteroatoms. The minimum Gasteiger partial charge on any atom is -0.515 e. The molecular weight excluding hydrogens is 242 g/mol. The maximum absolute atomic E-state index is 12.3. The number of hydrogen-bond donors (Lipinski definition) is 1. The Labute approximate surface area is 107 Å². The fraction of sp³-hybridized carbons (Fsp3) is 0.0714. The molecule has 0 aliphatic heterocycles. The van der Waals surface area contributed by atoms with E-state index in [0.717, 1.165) is 6.26 Å². The number of fused-ring (bicyclic) bond motifs is 3. The fourth-order valence-electron chi connectivity index (χ4n) is 2.27. The number of benzene rings is 1. The van der Waals surface area contributed by atoms with Gasteiger partial charge in [0, 0.05) is 0 Å². The van der Waals surface area contributed by atoms with Gasteiger partial charge in [0.2, 0.25) is 0 Å². The summed E-state index contributed by atoms with van der Waals surface area (Å²) in [7, 11) is 0. The van der Waals surface area contributed by atoms with E-state index in [0.29, 0.717) is 27.8 Å². The maximum atomic E-state index is 12.3. The number of aromatic nitrogens is 2. The lowest BCUT2D eigenvalue weighted by atomic mass is 10.1. The Morgan fingerprint density at radius 3 is 2.84 bits per heavy atom. The summed E-state index contributed by atoms with van der Waals surface area (Å²) >= 11 is 0. The van der Waals surface area contributed by atoms with Crippen LogP contribution in [0, 0.1) is 18.3 Å². The molecule has 0 unspecified atom stereocenters. The smallest absolute Gasteiger partial charge is 0.267 e. The lowest BCUT2D eigenvalue weighted by Gasteiger charge is -2.01. The van der Waals surface area contributed by atoms with E-state index in [1.54, 1.807) is 25.1 Å². The van der Waals surface area contributed by atoms with E-state index in [1.165, 1.54) is 4.40 Å². The van der Waals surface area contributed by atoms with Gasteiger partial charge in [0.25, 0.3) is 5.56 Å². The van der Waals surface area contributed by atoms with E-state index in [1.807, 2.05) is 12.1 Å². The van der Waals surface area contributed by atoms with Gasteiger partial charge in [0.1, 0.15) is 6.07 Å². The van der Waals surface area contributed by atoms with Crippen LogP contribution in [0.15, 0.2) is 29.1 Å². The molecule has 2 heterocycles. The van der Waals surface area contributed by atoms with Gasteiger partial charge in [0.15, 0.2) is 5.65 Å². The number of para-hydroxylation sites is 2. The summed E-state index contributed by atoms with van der Waals surface area (Å²) in [5.41, 5.74) is 1.97. The molecule has 92 valence electrons. The first kappa shape index (κ1) is 11.2. The molecule has 5 nitrogen and oxygen atoms in total. The Hall–Kier alpha value is -2.87. The van der Waals surface area contributed by atoms with Gasteiger partial charge in [-0.2, -0.15) is 5.26 Å². The molecular formula is C14H9N3O2. The molecule has 0 radical (unpaired) electrons. The van der Waals surface area contributed by atoms with E-state index >= 15 is 0 Å². The van der Waals surface area contributed by atoms with Crippen molar-refractivity contribution in [3.8, 4) is 6.07 Å². The molecule has 0 saturated carbocycles. The van der Waals surface area contributed by atoms with Crippen molar-refractivity contribution in [2.75, 3.05) is 0 Å². The second-order valence-corrected chi connectivity index (χ2v) is 4.22. The van der Waals surface area contributed by atoms with Crippen LogP contribution in [-0.4, -0.2) is 14.5 Å². The predicted molar refractivity (Wildman–Crippen MR) is 70.7 cm³/mol. The summed E-state index contributed by atoms with van der Waals surface area (Å²) in [4.78, 5) is 16.7. The third-order valence-corrected chi connectivity index (χ3v) is 3.24. The molecule has 0 spiro atoms. The normalized spacial score (nSPS) is 12.1. The number of aliphatic hydroxyl groups excluding tert-OH is 1. The Kier molecular flexibility index (Phi) is 2.26. The third-order valence-electron chi connectivity index (χ3n) is 3.24. The van der Waals surface area contributed by atoms with Crippen LogP contribution in [0.3, 0.4) is 0 Å². The van der Waals surface area contributed by atoms with Gasteiger partial charge in [-0.3, -0.25) is 9.20 Å². The summed E-state index contributed by atoms with van der Waals surface area (Å²) in [5.74, 6) is 0. The van der Waals surface area contributed by atoms with Crippen LogP contribution in [0.4, 0.5) is 0 Å². The number of imidazole rings is 1. The first-order valence-corrected chi connectivity index (χ1v) is 5.67. The van der Waals surface area contributed by atoms with E-state index in [2.05, 4.69) is 4.98 Å². The molecule has 19 heavy (non-hydrogen) atoms. The van der Waals surface area contributed by atoms with Gasteiger partial charge in [-0.05, 0) is 24.6 Å². The topological polar surface area (TPSA) is 78.4 Å². The summed E-state index contributed by atoms with van der Waals surface area (Å²) in [6.07, 6.45) is 0.743. The molecule has 0 bridgehead atoms. The number of aliphatic hydroxyl groups is 1. The average molecular weight is 251 g/mol. The molecule has 0 fully saturated rings. The molecule has 0 aliphatic carbocycles. The highest BCUT2D eigenvalue weighted by atomic mass is 16.2. The highest BCUT2D eigenvalue weighted by Gasteiger charge is 2.15. The first-order valence-electron chi connectivity index (χ1n) is 5.67. The zero-order valence-corrected chi connectivity index (χ0v) is 10.1. The molecule has 3 aromatic rings. The Bertz CT molecular complexity index is 964. The lowest BCUT2D eigenvalue weighted by molar-refractivity contribution is 0.539. The largest absolute Gasteiger partial charge is 0.515 e. The standard InChI is InChI=1S/C14H9N3O2/c1-8-9(6-15)13-16-11-4-2-3-5-12(11)17(13)14(19)10(8)7-18/h2-5,7,18H,1H3/b10-7+. The predicted octanol–water partition coefficient (Wildman–Crippen LogP) is 1.04. The number of pyridine rings is 1. The van der Waals surface area contributed by atoms with Crippen molar-refractivity contribution in [2.45, 2.75) is 6.92 Å². The zero-order chi connectivity index (χ0) is 13.6. The summed E-state index contributed by atoms with van der Waals surface area (Å²) in [5, 5.41) is 18.6. The monoisotopic (exact) mass is 251 g/mol. The molecule has 0 saturated heterocycles. The van der Waals surface area contributed by atoms with E-state index in [-0.39, 0.29) is 10.8 Å². The van der Waals surface area contributed by atoms with Crippen LogP contribution in [0.25, 0.3) is 22.9 Å². The van der Waals surface area contributed by atoms with Gasteiger partial charge >= 0.3 is 0 Å². The van der Waals surface area contributed by atoms with Crippen LogP contribution in [0.5, 0.6) is 0 Å². The molecule has 1 N–H and O–H groups in total. The summed E-state index contributed by atoms with van der Waals surface area (Å²) in [6, 6.07) is 9.20. The van der Waals surface area contributed by atoms with Crippen molar-refractivity contribution in [1.29, 1.82) is 5.26 Å². The minimum atomic E-state index is -0.372. The van der Waals surface area contributed by atoms with Crippen molar-refractivity contribution in [3.63, 3.8) is 0 Å². The summed E-state index contributed by atoms with van der Waals surface area (Å²) < 4.78 is 1.36. The highest BCUT2D eigenvalue weighted by molar-refractivity contribution is 5.82. The van der Waals surface area contributed by atoms with Crippen molar-refractivity contribution < 1.29 is 5.11 Å². The fourth-order valence-corrected chi connectivity index (χ4v) is 2.27. The molecule has 3 rings (SSSR count). The SMILES string of the molecule is Cc1c(C#N)c2nc3ccccc3n2c(=O)/c1=C/O. The highest BCUT2D eigenvalue weighted by Crippen LogP contribution is 2.17. The lowest BCUT2D eigenvalue weighted by Crippen LogP contribution is -2.34. The van der Waals surface area contributed by atoms with Gasteiger partial charge in [-0.1, -0.05) is 12.1 Å². The quantitative estimate of drug-likeness (QED) is 0.647. The number of hydrogen-bond acceptors (Lipinski definition) is 4. The second kappa shape index (κ2) is 3.82. The van der Waals surface area contributed by atoms with Crippen molar-refractivity contribution >= 4 is 22.9 Å². The van der Waals surface area contributed by atoms with Crippen molar-refractivity contribution in [3.05, 3.63) is 51.0 Å². The third kappa shape index (κ3) is 1.34. The molecule has 0 amide bonds. The van der Waals surface area contributed by atoms with E-state index in [9.17, 15) is 15.2 Å². The van der Waals surface area contributed by atoms with Crippen molar-refractivity contribution in [1.82, 2.24) is 9.38 Å². The van der Waals surface area contributed by atoms with E-state index < -0.39 is 0 Å². The Morgan fingerprint density at radius 1 is 1.42 bits per heavy atom. The van der Waals surface area contributed by atoms with Crippen molar-refractivity contribution in [2.24, 2.45) is 0 Å². The Morgan fingerprint density at radius 2 is 2.16 bits per heavy atom. The van der Waals surface area contributed by atoms with Crippen LogP contribution < -0.4 is 10.8 Å². The minimum absolute atomic E-state index is 0.118. The summed E-state index contributed by atoms with van der Waals surface area (Å²) in [6.45, 7) is 1.63. The molecule has 0 atom stereocenters. The van der Waals surface area contributed by atoms with Gasteiger partial charge in [-0.15, -0.1) is 0 Å². The first-order chi connectivity index (χ1) is 9.19. The zero-order valence-electron chi connectivity index (χ0n) is 10.1. The molecule has 2 aromatic heterocycles. The second-order valence-electron chi connectivity index (χ2n) is 4.22. The van der Waals surface area contributed by atoms with Crippen LogP contribution in [-0.2, 0) is 0 Å². The number of nitrogens with zero attached hydrogens (tertiary/aromatic N) is 3. The molecule has 0 aliphatic rings. The van der Waals surface area contributed by atoms with Gasteiger partial charge in [-0.25, -0.2) is 4.98 Å². The van der Waals surface area contributed by atoms with Gasteiger partial charge < -0.3 is 5.11 Å². The maximum Gasteiger partial charge on any atom is 0.267 e. The van der Waals surface area contributed by atoms with E-state index in [4.69, 9.17) is 0 Å².